The molecular weight excluding hydrogens is 467 g/mol. The van der Waals surface area contributed by atoms with Crippen LogP contribution in [0.4, 0.5) is 4.39 Å². The maximum atomic E-state index is 14.0. The average molecular weight is 509 g/mol. The van der Waals surface area contributed by atoms with Gasteiger partial charge in [0.1, 0.15) is 12.3 Å². The Hall–Kier alpha value is -0.960. The van der Waals surface area contributed by atoms with E-state index >= 15 is 0 Å². The lowest BCUT2D eigenvalue weighted by Gasteiger charge is -2.45. The van der Waals surface area contributed by atoms with Gasteiger partial charge in [0, 0.05) is 38.9 Å². The van der Waals surface area contributed by atoms with Gasteiger partial charge < -0.3 is 20.1 Å². The molecule has 0 aromatic rings. The molecule has 5 aliphatic rings. The summed E-state index contributed by atoms with van der Waals surface area (Å²) in [5.41, 5.74) is 5.64. The molecule has 6 nitrogen and oxygen atoms in total. The summed E-state index contributed by atoms with van der Waals surface area (Å²) in [5.74, 6) is 0.492. The lowest BCUT2D eigenvalue weighted by Crippen LogP contribution is -2.62. The highest BCUT2D eigenvalue weighted by molar-refractivity contribution is 6.21. The largest absolute Gasteiger partial charge is 0.381 e. The molecule has 0 aromatic heterocycles. The number of allylic oxidation sites excluding steroid dienone is 1. The fourth-order valence-electron chi connectivity index (χ4n) is 6.55. The van der Waals surface area contributed by atoms with E-state index in [9.17, 15) is 4.39 Å². The van der Waals surface area contributed by atoms with E-state index in [4.69, 9.17) is 21.1 Å². The highest BCUT2D eigenvalue weighted by atomic mass is 35.5. The van der Waals surface area contributed by atoms with Gasteiger partial charge in [-0.15, -0.1) is 11.6 Å². The van der Waals surface area contributed by atoms with Crippen LogP contribution in [0.2, 0.25) is 0 Å². The van der Waals surface area contributed by atoms with Crippen LogP contribution in [0.25, 0.3) is 0 Å². The molecule has 0 spiro atoms. The highest BCUT2D eigenvalue weighted by Gasteiger charge is 2.38. The SMILES string of the molecule is COC1C=C(C2CCC3=C(C2)C(NC2CCC(F)C(Cl)C2)NC(C2=CCCNC2)N3)C[C@@H](OC)C1. The van der Waals surface area contributed by atoms with Crippen LogP contribution in [-0.2, 0) is 9.47 Å². The van der Waals surface area contributed by atoms with E-state index in [0.717, 1.165) is 58.0 Å². The molecule has 7 unspecified atom stereocenters. The minimum atomic E-state index is -0.892. The zero-order valence-electron chi connectivity index (χ0n) is 21.1. The summed E-state index contributed by atoms with van der Waals surface area (Å²) in [7, 11) is 3.60. The van der Waals surface area contributed by atoms with Gasteiger partial charge in [-0.3, -0.25) is 10.6 Å². The molecule has 2 heterocycles. The summed E-state index contributed by atoms with van der Waals surface area (Å²) in [4.78, 5) is 0. The smallest absolute Gasteiger partial charge is 0.117 e. The number of hydrogen-bond acceptors (Lipinski definition) is 6. The van der Waals surface area contributed by atoms with Crippen LogP contribution >= 0.6 is 11.6 Å². The van der Waals surface area contributed by atoms with E-state index < -0.39 is 11.5 Å². The van der Waals surface area contributed by atoms with Crippen LogP contribution < -0.4 is 21.3 Å². The number of methoxy groups -OCH3 is 2. The Kier molecular flexibility index (Phi) is 8.52. The highest BCUT2D eigenvalue weighted by Crippen LogP contribution is 2.40. The summed E-state index contributed by atoms with van der Waals surface area (Å²) in [6.45, 7) is 1.94. The van der Waals surface area contributed by atoms with Crippen LogP contribution in [0.1, 0.15) is 57.8 Å². The maximum Gasteiger partial charge on any atom is 0.117 e. The number of nitrogens with one attached hydrogen (secondary N) is 4. The van der Waals surface area contributed by atoms with Gasteiger partial charge in [0.15, 0.2) is 0 Å². The van der Waals surface area contributed by atoms with Crippen LogP contribution in [0.3, 0.4) is 0 Å². The number of hydrogen-bond donors (Lipinski definition) is 4. The molecule has 0 bridgehead atoms. The van der Waals surface area contributed by atoms with Gasteiger partial charge >= 0.3 is 0 Å². The monoisotopic (exact) mass is 508 g/mol. The van der Waals surface area contributed by atoms with Crippen molar-refractivity contribution in [1.29, 1.82) is 0 Å². The topological polar surface area (TPSA) is 66.6 Å². The molecule has 0 amide bonds. The molecule has 196 valence electrons. The molecule has 1 fully saturated rings. The first-order valence-electron chi connectivity index (χ1n) is 13.5. The second-order valence-corrected chi connectivity index (χ2v) is 11.4. The first kappa shape index (κ1) is 25.7. The third-order valence-corrected chi connectivity index (χ3v) is 9.09. The van der Waals surface area contributed by atoms with Crippen molar-refractivity contribution in [3.63, 3.8) is 0 Å². The summed E-state index contributed by atoms with van der Waals surface area (Å²) >= 11 is 6.34. The molecule has 0 radical (unpaired) electrons. The van der Waals surface area contributed by atoms with Crippen molar-refractivity contribution in [2.75, 3.05) is 27.3 Å². The average Bonchev–Trinajstić information content (AvgIpc) is 2.90. The second-order valence-electron chi connectivity index (χ2n) is 10.9. The van der Waals surface area contributed by atoms with E-state index in [1.807, 2.05) is 7.11 Å². The summed E-state index contributed by atoms with van der Waals surface area (Å²) < 4.78 is 25.5. The van der Waals surface area contributed by atoms with Crippen molar-refractivity contribution in [3.05, 3.63) is 34.6 Å². The molecular formula is C27H42ClFN4O2. The molecule has 4 N–H and O–H groups in total. The summed E-state index contributed by atoms with van der Waals surface area (Å²) in [6.07, 6.45) is 12.5. The Morgan fingerprint density at radius 3 is 2.71 bits per heavy atom. The van der Waals surface area contributed by atoms with E-state index in [1.54, 1.807) is 7.11 Å². The molecule has 5 rings (SSSR count). The molecule has 8 atom stereocenters. The normalized spacial score (nSPS) is 40.5. The Balaban J connectivity index is 1.36. The van der Waals surface area contributed by atoms with Gasteiger partial charge in [0.05, 0.1) is 23.8 Å². The zero-order valence-corrected chi connectivity index (χ0v) is 21.9. The zero-order chi connectivity index (χ0) is 24.4. The molecule has 0 saturated heterocycles. The first-order valence-corrected chi connectivity index (χ1v) is 13.9. The van der Waals surface area contributed by atoms with Crippen molar-refractivity contribution in [2.45, 2.75) is 99.9 Å². The van der Waals surface area contributed by atoms with Gasteiger partial charge in [-0.25, -0.2) is 4.39 Å². The molecule has 3 aliphatic carbocycles. The molecule has 2 aliphatic heterocycles. The predicted molar refractivity (Wildman–Crippen MR) is 138 cm³/mol. The van der Waals surface area contributed by atoms with Gasteiger partial charge in [-0.2, -0.15) is 0 Å². The number of rotatable bonds is 6. The van der Waals surface area contributed by atoms with Crippen molar-refractivity contribution in [2.24, 2.45) is 5.92 Å². The van der Waals surface area contributed by atoms with E-state index in [2.05, 4.69) is 33.4 Å². The first-order chi connectivity index (χ1) is 17.0. The Labute approximate surface area is 214 Å². The van der Waals surface area contributed by atoms with Crippen molar-refractivity contribution < 1.29 is 13.9 Å². The Morgan fingerprint density at radius 2 is 1.97 bits per heavy atom. The van der Waals surface area contributed by atoms with Crippen LogP contribution in [0.15, 0.2) is 34.6 Å². The van der Waals surface area contributed by atoms with Gasteiger partial charge in [0.2, 0.25) is 0 Å². The Morgan fingerprint density at radius 1 is 1.09 bits per heavy atom. The molecule has 1 saturated carbocycles. The van der Waals surface area contributed by atoms with Gasteiger partial charge in [-0.05, 0) is 75.0 Å². The standard InChI is InChI=1S/C27H42ClFN4O2/c1-34-20-10-18(11-21(14-20)35-2)16-5-8-25-22(12-16)27(31-19-6-7-24(29)23(28)13-19)33-26(32-25)17-4-3-9-30-15-17/h4,10,16,19-21,23-24,26-27,30-33H,3,5-9,11-15H2,1-2H3/t16?,19?,20?,21-,23?,24?,26?,27?/m1/s1. The minimum Gasteiger partial charge on any atom is -0.381 e. The van der Waals surface area contributed by atoms with Gasteiger partial charge in [-0.1, -0.05) is 17.7 Å². The van der Waals surface area contributed by atoms with Crippen molar-refractivity contribution >= 4 is 11.6 Å². The number of halogens is 2. The van der Waals surface area contributed by atoms with E-state index in [1.165, 1.54) is 22.4 Å². The Bertz CT molecular complexity index is 849. The molecule has 8 heteroatoms. The summed E-state index contributed by atoms with van der Waals surface area (Å²) in [5, 5.41) is 14.7. The lowest BCUT2D eigenvalue weighted by molar-refractivity contribution is 0.0313. The van der Waals surface area contributed by atoms with Crippen LogP contribution in [-0.4, -0.2) is 69.4 Å². The second kappa shape index (κ2) is 11.6. The quantitative estimate of drug-likeness (QED) is 0.324. The summed E-state index contributed by atoms with van der Waals surface area (Å²) in [6, 6.07) is 0.220. The third-order valence-electron chi connectivity index (χ3n) is 8.64. The van der Waals surface area contributed by atoms with E-state index in [0.29, 0.717) is 18.8 Å². The van der Waals surface area contributed by atoms with Gasteiger partial charge in [0.25, 0.3) is 0 Å². The fraction of sp³-hybridized carbons (Fsp3) is 0.778. The lowest BCUT2D eigenvalue weighted by atomic mass is 9.76. The number of ether oxygens (including phenoxy) is 2. The number of alkyl halides is 2. The molecule has 0 aromatic carbocycles. The predicted octanol–water partition coefficient (Wildman–Crippen LogP) is 3.64. The van der Waals surface area contributed by atoms with E-state index in [-0.39, 0.29) is 30.6 Å². The third kappa shape index (κ3) is 5.97. The maximum absolute atomic E-state index is 14.0. The minimum absolute atomic E-state index is 0.0625. The van der Waals surface area contributed by atoms with Crippen LogP contribution in [0.5, 0.6) is 0 Å². The van der Waals surface area contributed by atoms with Crippen molar-refractivity contribution in [3.8, 4) is 0 Å². The van der Waals surface area contributed by atoms with Crippen molar-refractivity contribution in [1.82, 2.24) is 21.3 Å². The fourth-order valence-corrected chi connectivity index (χ4v) is 6.89. The van der Waals surface area contributed by atoms with Crippen LogP contribution in [0, 0.1) is 5.92 Å². The molecule has 35 heavy (non-hydrogen) atoms.